The Kier molecular flexibility index (Phi) is 4.08. The minimum Gasteiger partial charge on any atom is -0.481 e. The topological polar surface area (TPSA) is 69.6 Å². The summed E-state index contributed by atoms with van der Waals surface area (Å²) in [6.45, 7) is 5.52. The second kappa shape index (κ2) is 5.11. The highest BCUT2D eigenvalue weighted by Crippen LogP contribution is 2.16. The van der Waals surface area contributed by atoms with Crippen molar-refractivity contribution < 1.29 is 14.7 Å². The molecule has 0 radical (unpaired) electrons. The van der Waals surface area contributed by atoms with Gasteiger partial charge in [-0.25, -0.2) is 0 Å². The van der Waals surface area contributed by atoms with E-state index in [-0.39, 0.29) is 17.9 Å². The zero-order chi connectivity index (χ0) is 11.4. The molecule has 1 unspecified atom stereocenters. The minimum absolute atomic E-state index is 0.0425. The van der Waals surface area contributed by atoms with E-state index >= 15 is 0 Å². The van der Waals surface area contributed by atoms with Crippen LogP contribution in [0.4, 0.5) is 0 Å². The number of carboxylic acids is 1. The van der Waals surface area contributed by atoms with Crippen LogP contribution in [0.3, 0.4) is 0 Å². The van der Waals surface area contributed by atoms with Gasteiger partial charge in [0.05, 0.1) is 5.92 Å². The predicted molar refractivity (Wildman–Crippen MR) is 55.5 cm³/mol. The molecule has 0 aliphatic carbocycles. The average Bonchev–Trinajstić information content (AvgIpc) is 1.99. The Labute approximate surface area is 89.4 Å². The molecule has 5 heteroatoms. The largest absolute Gasteiger partial charge is 0.481 e. The maximum Gasteiger partial charge on any atom is 0.310 e. The zero-order valence-corrected chi connectivity index (χ0v) is 9.19. The fourth-order valence-electron chi connectivity index (χ4n) is 1.65. The van der Waals surface area contributed by atoms with Crippen molar-refractivity contribution in [3.05, 3.63) is 0 Å². The number of likely N-dealkylation sites (tertiary alicyclic amines) is 1. The average molecular weight is 214 g/mol. The lowest BCUT2D eigenvalue weighted by molar-refractivity contribution is -0.152. The molecular weight excluding hydrogens is 196 g/mol. The van der Waals surface area contributed by atoms with Crippen LogP contribution in [0, 0.1) is 5.92 Å². The Hall–Kier alpha value is -1.10. The molecule has 1 heterocycles. The molecule has 0 aromatic rings. The zero-order valence-electron chi connectivity index (χ0n) is 9.19. The van der Waals surface area contributed by atoms with Crippen molar-refractivity contribution in [3.63, 3.8) is 0 Å². The first-order valence-corrected chi connectivity index (χ1v) is 5.28. The third kappa shape index (κ3) is 3.20. The van der Waals surface area contributed by atoms with E-state index in [1.165, 1.54) is 0 Å². The van der Waals surface area contributed by atoms with Crippen LogP contribution in [-0.2, 0) is 9.59 Å². The van der Waals surface area contributed by atoms with Gasteiger partial charge in [-0.1, -0.05) is 6.92 Å². The summed E-state index contributed by atoms with van der Waals surface area (Å²) in [5.74, 6) is -1.12. The van der Waals surface area contributed by atoms with Crippen molar-refractivity contribution in [1.82, 2.24) is 10.2 Å². The first kappa shape index (κ1) is 12.0. The summed E-state index contributed by atoms with van der Waals surface area (Å²) in [7, 11) is 0. The number of hydrogen-bond acceptors (Lipinski definition) is 3. The number of carboxylic acid groups (broad SMARTS) is 1. The third-order valence-corrected chi connectivity index (χ3v) is 2.62. The quantitative estimate of drug-likeness (QED) is 0.671. The fourth-order valence-corrected chi connectivity index (χ4v) is 1.65. The predicted octanol–water partition coefficient (Wildman–Crippen LogP) is -0.0825. The van der Waals surface area contributed by atoms with Crippen LogP contribution < -0.4 is 5.32 Å². The molecule has 1 fully saturated rings. The Morgan fingerprint density at radius 1 is 1.53 bits per heavy atom. The molecule has 0 spiro atoms. The molecule has 0 bridgehead atoms. The van der Waals surface area contributed by atoms with E-state index in [0.717, 1.165) is 6.54 Å². The Balaban J connectivity index is 2.23. The number of nitrogens with one attached hydrogen (secondary N) is 1. The molecule has 86 valence electrons. The van der Waals surface area contributed by atoms with Crippen molar-refractivity contribution in [2.75, 3.05) is 19.6 Å². The molecule has 2 N–H and O–H groups in total. The van der Waals surface area contributed by atoms with Crippen LogP contribution in [0.15, 0.2) is 0 Å². The number of amides is 1. The summed E-state index contributed by atoms with van der Waals surface area (Å²) in [4.78, 5) is 23.7. The highest BCUT2D eigenvalue weighted by molar-refractivity contribution is 5.81. The van der Waals surface area contributed by atoms with Crippen LogP contribution >= 0.6 is 0 Å². The number of aliphatic carboxylic acids is 1. The van der Waals surface area contributed by atoms with Crippen LogP contribution in [0.2, 0.25) is 0 Å². The molecule has 0 saturated carbocycles. The van der Waals surface area contributed by atoms with Gasteiger partial charge in [-0.3, -0.25) is 9.59 Å². The summed E-state index contributed by atoms with van der Waals surface area (Å²) in [6.07, 6.45) is 0.445. The lowest BCUT2D eigenvalue weighted by Crippen LogP contribution is -2.53. The number of hydrogen-bond donors (Lipinski definition) is 2. The second-order valence-corrected chi connectivity index (χ2v) is 4.00. The van der Waals surface area contributed by atoms with Crippen molar-refractivity contribution in [2.24, 2.45) is 5.92 Å². The standard InChI is InChI=1S/C10H18N2O3/c1-3-11-7(2)4-9(13)12-5-8(6-12)10(14)15/h7-8,11H,3-6H2,1-2H3,(H,14,15). The Morgan fingerprint density at radius 3 is 2.60 bits per heavy atom. The van der Waals surface area contributed by atoms with Crippen molar-refractivity contribution in [1.29, 1.82) is 0 Å². The third-order valence-electron chi connectivity index (χ3n) is 2.62. The van der Waals surface area contributed by atoms with Crippen LogP contribution in [0.25, 0.3) is 0 Å². The highest BCUT2D eigenvalue weighted by atomic mass is 16.4. The first-order chi connectivity index (χ1) is 7.04. The number of carbonyl (C=O) groups excluding carboxylic acids is 1. The SMILES string of the molecule is CCNC(C)CC(=O)N1CC(C(=O)O)C1. The molecule has 0 aromatic heterocycles. The number of nitrogens with zero attached hydrogens (tertiary/aromatic N) is 1. The first-order valence-electron chi connectivity index (χ1n) is 5.28. The van der Waals surface area contributed by atoms with E-state index in [1.54, 1.807) is 4.90 Å². The van der Waals surface area contributed by atoms with E-state index in [0.29, 0.717) is 19.5 Å². The monoisotopic (exact) mass is 214 g/mol. The Morgan fingerprint density at radius 2 is 2.13 bits per heavy atom. The van der Waals surface area contributed by atoms with E-state index in [9.17, 15) is 9.59 Å². The minimum atomic E-state index is -0.807. The van der Waals surface area contributed by atoms with Gasteiger partial charge >= 0.3 is 5.97 Å². The molecule has 1 rings (SSSR count). The number of carbonyl (C=O) groups is 2. The molecular formula is C10H18N2O3. The lowest BCUT2D eigenvalue weighted by Gasteiger charge is -2.37. The maximum absolute atomic E-state index is 11.6. The molecule has 1 atom stereocenters. The number of rotatable bonds is 5. The molecule has 1 amide bonds. The van der Waals surface area contributed by atoms with Gasteiger partial charge in [0.15, 0.2) is 0 Å². The van der Waals surface area contributed by atoms with Crippen LogP contribution in [-0.4, -0.2) is 47.6 Å². The fraction of sp³-hybridized carbons (Fsp3) is 0.800. The van der Waals surface area contributed by atoms with E-state index in [1.807, 2.05) is 13.8 Å². The highest BCUT2D eigenvalue weighted by Gasteiger charge is 2.35. The summed E-state index contributed by atoms with van der Waals surface area (Å²) in [6, 6.07) is 0.159. The molecule has 1 aliphatic rings. The van der Waals surface area contributed by atoms with Gasteiger partial charge in [0, 0.05) is 25.6 Å². The molecule has 15 heavy (non-hydrogen) atoms. The van der Waals surface area contributed by atoms with E-state index < -0.39 is 5.97 Å². The maximum atomic E-state index is 11.6. The van der Waals surface area contributed by atoms with Crippen molar-refractivity contribution >= 4 is 11.9 Å². The van der Waals surface area contributed by atoms with Crippen LogP contribution in [0.5, 0.6) is 0 Å². The second-order valence-electron chi connectivity index (χ2n) is 4.00. The summed E-state index contributed by atoms with van der Waals surface area (Å²) in [5, 5.41) is 11.8. The molecule has 5 nitrogen and oxygen atoms in total. The van der Waals surface area contributed by atoms with Crippen LogP contribution in [0.1, 0.15) is 20.3 Å². The van der Waals surface area contributed by atoms with Gasteiger partial charge in [0.2, 0.25) is 5.91 Å². The van der Waals surface area contributed by atoms with Crippen molar-refractivity contribution in [2.45, 2.75) is 26.3 Å². The molecule has 1 saturated heterocycles. The van der Waals surface area contributed by atoms with Gasteiger partial charge < -0.3 is 15.3 Å². The van der Waals surface area contributed by atoms with Gasteiger partial charge in [0.25, 0.3) is 0 Å². The normalized spacial score (nSPS) is 18.4. The van der Waals surface area contributed by atoms with E-state index in [2.05, 4.69) is 5.32 Å². The smallest absolute Gasteiger partial charge is 0.310 e. The van der Waals surface area contributed by atoms with Crippen molar-refractivity contribution in [3.8, 4) is 0 Å². The van der Waals surface area contributed by atoms with Gasteiger partial charge in [-0.05, 0) is 13.5 Å². The summed E-state index contributed by atoms with van der Waals surface area (Å²) < 4.78 is 0. The molecule has 1 aliphatic heterocycles. The van der Waals surface area contributed by atoms with Gasteiger partial charge in [0.1, 0.15) is 0 Å². The Bertz CT molecular complexity index is 249. The summed E-state index contributed by atoms with van der Waals surface area (Å²) >= 11 is 0. The lowest BCUT2D eigenvalue weighted by atomic mass is 9.99. The van der Waals surface area contributed by atoms with Gasteiger partial charge in [-0.2, -0.15) is 0 Å². The molecule has 0 aromatic carbocycles. The summed E-state index contributed by atoms with van der Waals surface area (Å²) in [5.41, 5.74) is 0. The van der Waals surface area contributed by atoms with E-state index in [4.69, 9.17) is 5.11 Å². The van der Waals surface area contributed by atoms with Gasteiger partial charge in [-0.15, -0.1) is 0 Å².